The summed E-state index contributed by atoms with van der Waals surface area (Å²) in [6, 6.07) is 0. The molecule has 0 aliphatic carbocycles. The fraction of sp³-hybridized carbons (Fsp3) is 0.789. The van der Waals surface area contributed by atoms with Crippen molar-refractivity contribution in [2.45, 2.75) is 88.9 Å². The van der Waals surface area contributed by atoms with Crippen LogP contribution in [-0.2, 0) is 0 Å². The molecule has 0 heterocycles. The van der Waals surface area contributed by atoms with Crippen LogP contribution in [0.4, 0.5) is 0 Å². The minimum absolute atomic E-state index is 0.161. The van der Waals surface area contributed by atoms with Crippen molar-refractivity contribution in [1.82, 2.24) is 0 Å². The Balaban J connectivity index is 4.81. The van der Waals surface area contributed by atoms with E-state index in [0.717, 1.165) is 0 Å². The molecule has 0 aromatic rings. The molecule has 2 radical (unpaired) electrons. The van der Waals surface area contributed by atoms with Gasteiger partial charge in [-0.25, -0.2) is 0 Å². The van der Waals surface area contributed by atoms with Crippen LogP contribution < -0.4 is 0 Å². The first kappa shape index (κ1) is 21.2. The number of aliphatic hydroxyl groups excluding tert-OH is 1. The number of hydrogen-bond donors (Lipinski definition) is 1. The van der Waals surface area contributed by atoms with Crippen molar-refractivity contribution in [1.29, 1.82) is 0 Å². The minimum atomic E-state index is -0.520. The van der Waals surface area contributed by atoms with Crippen LogP contribution in [0.3, 0.4) is 0 Å². The maximum atomic E-state index is 8.95. The van der Waals surface area contributed by atoms with Gasteiger partial charge in [0.25, 0.3) is 0 Å². The quantitative estimate of drug-likeness (QED) is 0.303. The molecule has 0 unspecified atom stereocenters. The van der Waals surface area contributed by atoms with Gasteiger partial charge in [-0.3, -0.25) is 0 Å². The zero-order valence-corrected chi connectivity index (χ0v) is 17.6. The van der Waals surface area contributed by atoms with Gasteiger partial charge in [-0.1, -0.05) is 0 Å². The first-order valence-electron chi connectivity index (χ1n) is 8.86. The molecule has 0 aliphatic rings. The van der Waals surface area contributed by atoms with Crippen LogP contribution in [-0.4, -0.2) is 32.9 Å². The number of aliphatic hydroxyl groups is 1. The molecule has 122 valence electrons. The van der Waals surface area contributed by atoms with Gasteiger partial charge in [-0.05, 0) is 0 Å². The zero-order valence-electron chi connectivity index (χ0n) is 14.8. The molecule has 0 bridgehead atoms. The van der Waals surface area contributed by atoms with E-state index in [9.17, 15) is 0 Å². The summed E-state index contributed by atoms with van der Waals surface area (Å²) in [5, 5.41) is 8.95. The van der Waals surface area contributed by atoms with Gasteiger partial charge in [0.1, 0.15) is 0 Å². The van der Waals surface area contributed by atoms with Crippen LogP contribution in [0.15, 0.2) is 21.8 Å². The monoisotopic (exact) mass is 400 g/mol. The summed E-state index contributed by atoms with van der Waals surface area (Å²) in [4.78, 5) is 0. The normalized spacial score (nSPS) is 13.3. The Kier molecular flexibility index (Phi) is 14.0. The molecule has 0 saturated heterocycles. The van der Waals surface area contributed by atoms with Gasteiger partial charge in [0.2, 0.25) is 0 Å². The first-order valence-corrected chi connectivity index (χ1v) is 11.9. The molecule has 0 rings (SSSR count). The Morgan fingerprint density at radius 2 is 1.43 bits per heavy atom. The molecule has 1 nitrogen and oxygen atoms in total. The van der Waals surface area contributed by atoms with Crippen LogP contribution >= 0.6 is 0 Å². The predicted octanol–water partition coefficient (Wildman–Crippen LogP) is 5.87. The SMILES string of the molecule is CCCC[C](CCCC)(CCCC)[Sn]/[CH]=C/C(C)=C\CO. The van der Waals surface area contributed by atoms with Gasteiger partial charge in [-0.15, -0.1) is 0 Å². The van der Waals surface area contributed by atoms with Gasteiger partial charge < -0.3 is 0 Å². The van der Waals surface area contributed by atoms with Gasteiger partial charge in [-0.2, -0.15) is 0 Å². The van der Waals surface area contributed by atoms with Gasteiger partial charge in [0.15, 0.2) is 0 Å². The Hall–Kier alpha value is 0.239. The van der Waals surface area contributed by atoms with Gasteiger partial charge in [0.05, 0.1) is 0 Å². The van der Waals surface area contributed by atoms with Gasteiger partial charge >= 0.3 is 144 Å². The second kappa shape index (κ2) is 13.9. The molecule has 0 saturated carbocycles. The number of rotatable bonds is 13. The van der Waals surface area contributed by atoms with Crippen LogP contribution in [0.1, 0.15) is 85.5 Å². The predicted molar refractivity (Wildman–Crippen MR) is 97.0 cm³/mol. The van der Waals surface area contributed by atoms with Crippen molar-refractivity contribution in [2.75, 3.05) is 6.61 Å². The van der Waals surface area contributed by atoms with E-state index in [2.05, 4.69) is 37.9 Å². The molecule has 0 aromatic carbocycles. The number of hydrogen-bond acceptors (Lipinski definition) is 1. The summed E-state index contributed by atoms with van der Waals surface area (Å²) in [5.41, 5.74) is 1.22. The molecule has 0 amide bonds. The van der Waals surface area contributed by atoms with Crippen molar-refractivity contribution in [2.24, 2.45) is 0 Å². The fourth-order valence-corrected chi connectivity index (χ4v) is 7.45. The van der Waals surface area contributed by atoms with Crippen molar-refractivity contribution in [3.8, 4) is 0 Å². The van der Waals surface area contributed by atoms with E-state index >= 15 is 0 Å². The van der Waals surface area contributed by atoms with E-state index in [1.807, 2.05) is 6.08 Å². The number of unbranched alkanes of at least 4 members (excludes halogenated alkanes) is 3. The molecular formula is C19H36OSn. The third-order valence-corrected chi connectivity index (χ3v) is 9.02. The van der Waals surface area contributed by atoms with Crippen LogP contribution in [0, 0.1) is 0 Å². The summed E-state index contributed by atoms with van der Waals surface area (Å²) in [7, 11) is 0. The molecule has 21 heavy (non-hydrogen) atoms. The average molecular weight is 399 g/mol. The van der Waals surface area contributed by atoms with Crippen molar-refractivity contribution in [3.63, 3.8) is 0 Å². The third kappa shape index (κ3) is 10.6. The molecular weight excluding hydrogens is 363 g/mol. The summed E-state index contributed by atoms with van der Waals surface area (Å²) < 4.78 is 3.20. The first-order chi connectivity index (χ1) is 10.1. The Morgan fingerprint density at radius 1 is 0.952 bits per heavy atom. The average Bonchev–Trinajstić information content (AvgIpc) is 2.48. The van der Waals surface area contributed by atoms with E-state index in [-0.39, 0.29) is 6.61 Å². The van der Waals surface area contributed by atoms with Crippen LogP contribution in [0.25, 0.3) is 0 Å². The second-order valence-corrected chi connectivity index (χ2v) is 11.0. The second-order valence-electron chi connectivity index (χ2n) is 6.20. The summed E-state index contributed by atoms with van der Waals surface area (Å²) >= 11 is -0.520. The van der Waals surface area contributed by atoms with E-state index in [0.29, 0.717) is 3.43 Å². The standard InChI is InChI=1S/C13H27.C6H9O.Sn/c1-4-7-10-13(11-8-5-2)12-9-6-3;1-3-6(2)4-5-7;/h4-12H2,1-3H3;1,3-4,7H,5H2,2H3;/b;3-1?,6-4-;. The van der Waals surface area contributed by atoms with E-state index in [1.165, 1.54) is 63.4 Å². The molecule has 0 aromatic heterocycles. The van der Waals surface area contributed by atoms with Gasteiger partial charge in [0, 0.05) is 0 Å². The fourth-order valence-electron chi connectivity index (χ4n) is 2.70. The Bertz CT molecular complexity index is 272. The molecule has 0 spiro atoms. The Morgan fingerprint density at radius 3 is 1.81 bits per heavy atom. The Labute approximate surface area is 143 Å². The molecule has 0 fully saturated rings. The summed E-state index contributed by atoms with van der Waals surface area (Å²) in [5.74, 6) is 0. The molecule has 0 aliphatic heterocycles. The molecule has 0 atom stereocenters. The van der Waals surface area contributed by atoms with Crippen LogP contribution in [0.5, 0.6) is 0 Å². The van der Waals surface area contributed by atoms with E-state index in [4.69, 9.17) is 5.11 Å². The summed E-state index contributed by atoms with van der Waals surface area (Å²) in [6.45, 7) is 9.21. The van der Waals surface area contributed by atoms with Crippen molar-refractivity contribution in [3.05, 3.63) is 21.8 Å². The topological polar surface area (TPSA) is 20.2 Å². The maximum absolute atomic E-state index is 8.95. The zero-order chi connectivity index (χ0) is 16.0. The third-order valence-electron chi connectivity index (χ3n) is 4.18. The number of allylic oxidation sites excluding steroid dienone is 2. The van der Waals surface area contributed by atoms with Crippen molar-refractivity contribution < 1.29 is 5.11 Å². The van der Waals surface area contributed by atoms with Crippen molar-refractivity contribution >= 4 is 21.1 Å². The van der Waals surface area contributed by atoms with Crippen LogP contribution in [0.2, 0.25) is 3.43 Å². The van der Waals surface area contributed by atoms with E-state index < -0.39 is 21.1 Å². The molecule has 2 heteroatoms. The van der Waals surface area contributed by atoms with E-state index in [1.54, 1.807) is 0 Å². The molecule has 1 N–H and O–H groups in total. The summed E-state index contributed by atoms with van der Waals surface area (Å²) in [6.07, 6.45) is 16.7.